The molecule has 0 spiro atoms. The van der Waals surface area contributed by atoms with Gasteiger partial charge in [0.2, 0.25) is 0 Å². The van der Waals surface area contributed by atoms with Crippen molar-refractivity contribution >= 4 is 39.9 Å². The standard InChI is InChI=1S/C19H17ClO4S/c1-4-16-11(3)6-17(25-16)19(22)23-9-12-7-18(21)24-15-5-10(2)14(20)8-13(12)15/h5-8H,4,9H2,1-3H3. The van der Waals surface area contributed by atoms with E-state index in [0.29, 0.717) is 26.4 Å². The van der Waals surface area contributed by atoms with Crippen LogP contribution in [-0.2, 0) is 17.8 Å². The third-order valence-corrected chi connectivity index (χ3v) is 5.78. The molecular weight excluding hydrogens is 360 g/mol. The summed E-state index contributed by atoms with van der Waals surface area (Å²) in [5.74, 6) is -0.396. The molecule has 3 aromatic rings. The second kappa shape index (κ2) is 7.02. The SMILES string of the molecule is CCc1sc(C(=O)OCc2cc(=O)oc3cc(C)c(Cl)cc23)cc1C. The van der Waals surface area contributed by atoms with E-state index >= 15 is 0 Å². The predicted molar refractivity (Wildman–Crippen MR) is 99.8 cm³/mol. The van der Waals surface area contributed by atoms with Crippen LogP contribution in [0.1, 0.15) is 38.2 Å². The minimum Gasteiger partial charge on any atom is -0.457 e. The van der Waals surface area contributed by atoms with Crippen molar-refractivity contribution in [2.24, 2.45) is 0 Å². The van der Waals surface area contributed by atoms with Gasteiger partial charge in [-0.05, 0) is 49.6 Å². The minimum atomic E-state index is -0.486. The highest BCUT2D eigenvalue weighted by Crippen LogP contribution is 2.27. The molecule has 130 valence electrons. The van der Waals surface area contributed by atoms with E-state index in [1.54, 1.807) is 12.1 Å². The average molecular weight is 377 g/mol. The summed E-state index contributed by atoms with van der Waals surface area (Å²) in [7, 11) is 0. The molecule has 0 saturated heterocycles. The van der Waals surface area contributed by atoms with Crippen LogP contribution in [0.5, 0.6) is 0 Å². The highest BCUT2D eigenvalue weighted by molar-refractivity contribution is 7.14. The Balaban J connectivity index is 1.88. The molecule has 25 heavy (non-hydrogen) atoms. The summed E-state index contributed by atoms with van der Waals surface area (Å²) in [6.45, 7) is 5.85. The first-order chi connectivity index (χ1) is 11.9. The van der Waals surface area contributed by atoms with Gasteiger partial charge < -0.3 is 9.15 Å². The quantitative estimate of drug-likeness (QED) is 0.472. The molecule has 2 heterocycles. The number of thiophene rings is 1. The van der Waals surface area contributed by atoms with Gasteiger partial charge in [-0.3, -0.25) is 0 Å². The normalized spacial score (nSPS) is 11.0. The molecule has 0 unspecified atom stereocenters. The summed E-state index contributed by atoms with van der Waals surface area (Å²) >= 11 is 7.61. The first-order valence-corrected chi connectivity index (χ1v) is 9.07. The fraction of sp³-hybridized carbons (Fsp3) is 0.263. The Morgan fingerprint density at radius 3 is 2.64 bits per heavy atom. The third-order valence-electron chi connectivity index (χ3n) is 4.01. The number of esters is 1. The van der Waals surface area contributed by atoms with Crippen LogP contribution in [-0.4, -0.2) is 5.97 Å². The van der Waals surface area contributed by atoms with Gasteiger partial charge >= 0.3 is 11.6 Å². The molecule has 6 heteroatoms. The van der Waals surface area contributed by atoms with E-state index in [9.17, 15) is 9.59 Å². The molecule has 2 aromatic heterocycles. The first kappa shape index (κ1) is 17.7. The van der Waals surface area contributed by atoms with Gasteiger partial charge in [0.15, 0.2) is 0 Å². The van der Waals surface area contributed by atoms with Crippen molar-refractivity contribution in [2.75, 3.05) is 0 Å². The van der Waals surface area contributed by atoms with Crippen LogP contribution in [0.4, 0.5) is 0 Å². The lowest BCUT2D eigenvalue weighted by molar-refractivity contribution is 0.0479. The van der Waals surface area contributed by atoms with Gasteiger partial charge in [-0.25, -0.2) is 9.59 Å². The van der Waals surface area contributed by atoms with Crippen LogP contribution < -0.4 is 5.63 Å². The van der Waals surface area contributed by atoms with Crippen molar-refractivity contribution in [1.82, 2.24) is 0 Å². The topological polar surface area (TPSA) is 56.5 Å². The van der Waals surface area contributed by atoms with Gasteiger partial charge in [0.1, 0.15) is 17.1 Å². The van der Waals surface area contributed by atoms with Crippen molar-refractivity contribution < 1.29 is 13.9 Å². The molecule has 0 aliphatic carbocycles. The molecule has 0 amide bonds. The largest absolute Gasteiger partial charge is 0.457 e. The lowest BCUT2D eigenvalue weighted by Gasteiger charge is -2.08. The lowest BCUT2D eigenvalue weighted by atomic mass is 10.1. The van der Waals surface area contributed by atoms with E-state index in [0.717, 1.165) is 17.5 Å². The zero-order valence-corrected chi connectivity index (χ0v) is 15.7. The monoisotopic (exact) mass is 376 g/mol. The Kier molecular flexibility index (Phi) is 4.97. The summed E-state index contributed by atoms with van der Waals surface area (Å²) in [4.78, 5) is 25.8. The molecular formula is C19H17ClO4S. The van der Waals surface area contributed by atoms with Gasteiger partial charge in [-0.2, -0.15) is 0 Å². The molecule has 1 aromatic carbocycles. The molecule has 4 nitrogen and oxygen atoms in total. The van der Waals surface area contributed by atoms with Crippen molar-refractivity contribution in [3.05, 3.63) is 66.2 Å². The Labute approximate surface area is 154 Å². The van der Waals surface area contributed by atoms with E-state index in [2.05, 4.69) is 6.92 Å². The smallest absolute Gasteiger partial charge is 0.348 e. The zero-order chi connectivity index (χ0) is 18.1. The summed E-state index contributed by atoms with van der Waals surface area (Å²) in [5, 5.41) is 1.23. The Bertz CT molecular complexity index is 1020. The van der Waals surface area contributed by atoms with Gasteiger partial charge in [-0.15, -0.1) is 11.3 Å². The molecule has 0 saturated carbocycles. The fourth-order valence-electron chi connectivity index (χ4n) is 2.65. The number of rotatable bonds is 4. The summed E-state index contributed by atoms with van der Waals surface area (Å²) in [6, 6.07) is 6.60. The van der Waals surface area contributed by atoms with E-state index in [1.165, 1.54) is 22.3 Å². The predicted octanol–water partition coefficient (Wildman–Crippen LogP) is 5.04. The molecule has 0 fully saturated rings. The van der Waals surface area contributed by atoms with Gasteiger partial charge in [0.05, 0.1) is 0 Å². The van der Waals surface area contributed by atoms with Crippen LogP contribution in [0.3, 0.4) is 0 Å². The number of fused-ring (bicyclic) bond motifs is 1. The maximum absolute atomic E-state index is 12.3. The van der Waals surface area contributed by atoms with E-state index < -0.39 is 11.6 Å². The molecule has 0 aliphatic rings. The second-order valence-electron chi connectivity index (χ2n) is 5.83. The lowest BCUT2D eigenvalue weighted by Crippen LogP contribution is -2.07. The van der Waals surface area contributed by atoms with Crippen molar-refractivity contribution in [2.45, 2.75) is 33.8 Å². The number of hydrogen-bond donors (Lipinski definition) is 0. The highest BCUT2D eigenvalue weighted by Gasteiger charge is 2.15. The number of carbonyl (C=O) groups is 1. The third kappa shape index (κ3) is 3.62. The molecule has 0 N–H and O–H groups in total. The number of aryl methyl sites for hydroxylation is 3. The number of halogens is 1. The summed E-state index contributed by atoms with van der Waals surface area (Å²) < 4.78 is 10.6. The molecule has 3 rings (SSSR count). The second-order valence-corrected chi connectivity index (χ2v) is 7.38. The number of carbonyl (C=O) groups excluding carboxylic acids is 1. The van der Waals surface area contributed by atoms with Crippen molar-refractivity contribution in [3.8, 4) is 0 Å². The van der Waals surface area contributed by atoms with E-state index in [4.69, 9.17) is 20.8 Å². The van der Waals surface area contributed by atoms with Gasteiger partial charge in [-0.1, -0.05) is 18.5 Å². The minimum absolute atomic E-state index is 0.0151. The molecule has 0 radical (unpaired) electrons. The molecule has 0 atom stereocenters. The maximum Gasteiger partial charge on any atom is 0.348 e. The number of ether oxygens (including phenoxy) is 1. The van der Waals surface area contributed by atoms with E-state index in [1.807, 2.05) is 19.9 Å². The van der Waals surface area contributed by atoms with Crippen molar-refractivity contribution in [1.29, 1.82) is 0 Å². The Morgan fingerprint density at radius 2 is 1.96 bits per heavy atom. The Morgan fingerprint density at radius 1 is 1.20 bits per heavy atom. The molecule has 0 bridgehead atoms. The maximum atomic E-state index is 12.3. The van der Waals surface area contributed by atoms with Crippen LogP contribution in [0.25, 0.3) is 11.0 Å². The highest BCUT2D eigenvalue weighted by atomic mass is 35.5. The molecule has 0 aliphatic heterocycles. The number of benzene rings is 1. The van der Waals surface area contributed by atoms with E-state index in [-0.39, 0.29) is 6.61 Å². The first-order valence-electron chi connectivity index (χ1n) is 7.88. The number of hydrogen-bond acceptors (Lipinski definition) is 5. The van der Waals surface area contributed by atoms with Gasteiger partial charge in [0.25, 0.3) is 0 Å². The van der Waals surface area contributed by atoms with Gasteiger partial charge in [0, 0.05) is 26.9 Å². The summed E-state index contributed by atoms with van der Waals surface area (Å²) in [5.41, 5.74) is 2.42. The van der Waals surface area contributed by atoms with Crippen LogP contribution in [0.2, 0.25) is 5.02 Å². The van der Waals surface area contributed by atoms with Crippen molar-refractivity contribution in [3.63, 3.8) is 0 Å². The Hall–Kier alpha value is -2.11. The average Bonchev–Trinajstić information content (AvgIpc) is 2.95. The summed E-state index contributed by atoms with van der Waals surface area (Å²) in [6.07, 6.45) is 0.881. The van der Waals surface area contributed by atoms with Crippen LogP contribution >= 0.6 is 22.9 Å². The zero-order valence-electron chi connectivity index (χ0n) is 14.1. The van der Waals surface area contributed by atoms with Crippen LogP contribution in [0, 0.1) is 13.8 Å². The van der Waals surface area contributed by atoms with Crippen LogP contribution in [0.15, 0.2) is 33.5 Å². The fourth-order valence-corrected chi connectivity index (χ4v) is 3.82.